The molecule has 2 fully saturated rings. The lowest BCUT2D eigenvalue weighted by molar-refractivity contribution is -0.129. The standard InChI is InChI=1S/C23H26N6O2/c1-17(30)28-12-4-6-20(28)22-25-21(19-5-2-3-11-29(19)22)23(31)27-15-13-26(14-16-27)18-7-9-24-10-8-18/h2-3,5,7-11,20H,4,6,12-16H2,1H3/t20-/m1/s1. The van der Waals surface area contributed by atoms with Crippen LogP contribution >= 0.6 is 0 Å². The van der Waals surface area contributed by atoms with Gasteiger partial charge in [0.2, 0.25) is 5.91 Å². The minimum absolute atomic E-state index is 0.0447. The van der Waals surface area contributed by atoms with Gasteiger partial charge in [0.05, 0.1) is 11.6 Å². The number of nitrogens with zero attached hydrogens (tertiary/aromatic N) is 6. The molecule has 0 aliphatic carbocycles. The van der Waals surface area contributed by atoms with E-state index in [4.69, 9.17) is 4.98 Å². The van der Waals surface area contributed by atoms with Crippen molar-refractivity contribution in [2.45, 2.75) is 25.8 Å². The quantitative estimate of drug-likeness (QED) is 0.653. The van der Waals surface area contributed by atoms with Gasteiger partial charge in [0.25, 0.3) is 5.91 Å². The van der Waals surface area contributed by atoms with Crippen molar-refractivity contribution in [3.8, 4) is 0 Å². The van der Waals surface area contributed by atoms with Gasteiger partial charge >= 0.3 is 0 Å². The molecule has 160 valence electrons. The summed E-state index contributed by atoms with van der Waals surface area (Å²) in [5, 5.41) is 0. The van der Waals surface area contributed by atoms with Crippen LogP contribution in [0.1, 0.15) is 42.1 Å². The van der Waals surface area contributed by atoms with E-state index in [0.717, 1.165) is 49.5 Å². The van der Waals surface area contributed by atoms with Crippen LogP contribution in [-0.4, -0.2) is 68.7 Å². The van der Waals surface area contributed by atoms with Gasteiger partial charge in [-0.1, -0.05) is 6.07 Å². The molecule has 0 spiro atoms. The fourth-order valence-corrected chi connectivity index (χ4v) is 4.74. The summed E-state index contributed by atoms with van der Waals surface area (Å²) in [6, 6.07) is 9.70. The zero-order valence-corrected chi connectivity index (χ0v) is 17.6. The molecule has 1 atom stereocenters. The number of hydrogen-bond acceptors (Lipinski definition) is 5. The highest BCUT2D eigenvalue weighted by atomic mass is 16.2. The molecular formula is C23H26N6O2. The number of amides is 2. The molecule has 0 unspecified atom stereocenters. The van der Waals surface area contributed by atoms with Crippen LogP contribution in [0.2, 0.25) is 0 Å². The number of likely N-dealkylation sites (tertiary alicyclic amines) is 1. The van der Waals surface area contributed by atoms with Crippen LogP contribution in [0.25, 0.3) is 5.52 Å². The molecule has 8 nitrogen and oxygen atoms in total. The smallest absolute Gasteiger partial charge is 0.274 e. The molecule has 0 bridgehead atoms. The Labute approximate surface area is 181 Å². The highest BCUT2D eigenvalue weighted by molar-refractivity contribution is 5.99. The van der Waals surface area contributed by atoms with Crippen molar-refractivity contribution in [1.82, 2.24) is 24.2 Å². The Bertz CT molecular complexity index is 1100. The summed E-state index contributed by atoms with van der Waals surface area (Å²) in [4.78, 5) is 40.5. The maximum absolute atomic E-state index is 13.4. The number of rotatable bonds is 3. The first-order valence-electron chi connectivity index (χ1n) is 10.8. The third kappa shape index (κ3) is 3.52. The molecule has 2 saturated heterocycles. The molecule has 0 aromatic carbocycles. The monoisotopic (exact) mass is 418 g/mol. The largest absolute Gasteiger partial charge is 0.368 e. The second-order valence-corrected chi connectivity index (χ2v) is 8.13. The molecule has 5 heterocycles. The van der Waals surface area contributed by atoms with E-state index in [0.29, 0.717) is 18.8 Å². The van der Waals surface area contributed by atoms with Crippen molar-refractivity contribution in [2.75, 3.05) is 37.6 Å². The molecule has 3 aromatic heterocycles. The Balaban J connectivity index is 1.40. The average molecular weight is 419 g/mol. The number of anilines is 1. The summed E-state index contributed by atoms with van der Waals surface area (Å²) in [7, 11) is 0. The topological polar surface area (TPSA) is 74.1 Å². The van der Waals surface area contributed by atoms with E-state index in [9.17, 15) is 9.59 Å². The van der Waals surface area contributed by atoms with Gasteiger partial charge < -0.3 is 19.1 Å². The van der Waals surface area contributed by atoms with Crippen LogP contribution in [0.4, 0.5) is 5.69 Å². The molecule has 3 aromatic rings. The van der Waals surface area contributed by atoms with E-state index in [-0.39, 0.29) is 17.9 Å². The number of pyridine rings is 2. The van der Waals surface area contributed by atoms with Crippen molar-refractivity contribution in [3.05, 3.63) is 60.4 Å². The number of carbonyl (C=O) groups excluding carboxylic acids is 2. The molecule has 8 heteroatoms. The second kappa shape index (κ2) is 8.02. The second-order valence-electron chi connectivity index (χ2n) is 8.13. The zero-order valence-electron chi connectivity index (χ0n) is 17.6. The fourth-order valence-electron chi connectivity index (χ4n) is 4.74. The Hall–Kier alpha value is -3.42. The summed E-state index contributed by atoms with van der Waals surface area (Å²) >= 11 is 0. The molecule has 2 aliphatic rings. The lowest BCUT2D eigenvalue weighted by Gasteiger charge is -2.35. The third-order valence-electron chi connectivity index (χ3n) is 6.33. The van der Waals surface area contributed by atoms with Crippen LogP contribution in [0.15, 0.2) is 48.9 Å². The van der Waals surface area contributed by atoms with Crippen LogP contribution in [0, 0.1) is 0 Å². The zero-order chi connectivity index (χ0) is 21.4. The average Bonchev–Trinajstić information content (AvgIpc) is 3.44. The van der Waals surface area contributed by atoms with Crippen molar-refractivity contribution in [2.24, 2.45) is 0 Å². The van der Waals surface area contributed by atoms with Gasteiger partial charge in [0.15, 0.2) is 5.69 Å². The number of carbonyl (C=O) groups is 2. The molecule has 0 saturated carbocycles. The summed E-state index contributed by atoms with van der Waals surface area (Å²) < 4.78 is 1.98. The minimum Gasteiger partial charge on any atom is -0.368 e. The summed E-state index contributed by atoms with van der Waals surface area (Å²) in [6.07, 6.45) is 7.34. The van der Waals surface area contributed by atoms with Crippen molar-refractivity contribution < 1.29 is 9.59 Å². The summed E-state index contributed by atoms with van der Waals surface area (Å²) in [5.74, 6) is 0.786. The lowest BCUT2D eigenvalue weighted by Crippen LogP contribution is -2.49. The Morgan fingerprint density at radius 1 is 1.00 bits per heavy atom. The molecule has 2 aliphatic heterocycles. The number of hydrogen-bond donors (Lipinski definition) is 0. The first-order chi connectivity index (χ1) is 15.1. The normalized spacial score (nSPS) is 19.3. The van der Waals surface area contributed by atoms with E-state index in [2.05, 4.69) is 9.88 Å². The molecular weight excluding hydrogens is 392 g/mol. The maximum Gasteiger partial charge on any atom is 0.274 e. The van der Waals surface area contributed by atoms with E-state index in [1.54, 1.807) is 19.3 Å². The Morgan fingerprint density at radius 3 is 2.52 bits per heavy atom. The fraction of sp³-hybridized carbons (Fsp3) is 0.391. The maximum atomic E-state index is 13.4. The molecule has 2 amide bonds. The number of piperazine rings is 1. The van der Waals surface area contributed by atoms with Crippen LogP contribution in [0.3, 0.4) is 0 Å². The summed E-state index contributed by atoms with van der Waals surface area (Å²) in [6.45, 7) is 5.17. The van der Waals surface area contributed by atoms with Crippen LogP contribution in [0.5, 0.6) is 0 Å². The van der Waals surface area contributed by atoms with E-state index >= 15 is 0 Å². The van der Waals surface area contributed by atoms with Crippen molar-refractivity contribution in [3.63, 3.8) is 0 Å². The third-order valence-corrected chi connectivity index (χ3v) is 6.33. The van der Waals surface area contributed by atoms with E-state index < -0.39 is 0 Å². The number of imidazole rings is 1. The Kier molecular flexibility index (Phi) is 5.05. The Morgan fingerprint density at radius 2 is 1.77 bits per heavy atom. The van der Waals surface area contributed by atoms with Gasteiger partial charge in [-0.25, -0.2) is 4.98 Å². The molecule has 5 rings (SSSR count). The predicted molar refractivity (Wildman–Crippen MR) is 117 cm³/mol. The minimum atomic E-state index is -0.0857. The van der Waals surface area contributed by atoms with Crippen molar-refractivity contribution in [1.29, 1.82) is 0 Å². The number of aromatic nitrogens is 3. The van der Waals surface area contributed by atoms with Gasteiger partial charge in [0.1, 0.15) is 5.82 Å². The van der Waals surface area contributed by atoms with Gasteiger partial charge in [-0.3, -0.25) is 14.6 Å². The van der Waals surface area contributed by atoms with E-state index in [1.807, 2.05) is 50.7 Å². The van der Waals surface area contributed by atoms with Crippen molar-refractivity contribution >= 4 is 23.0 Å². The highest BCUT2D eigenvalue weighted by Crippen LogP contribution is 2.33. The molecule has 31 heavy (non-hydrogen) atoms. The van der Waals surface area contributed by atoms with Gasteiger partial charge in [-0.2, -0.15) is 0 Å². The lowest BCUT2D eigenvalue weighted by atomic mass is 10.2. The van der Waals surface area contributed by atoms with Crippen LogP contribution < -0.4 is 4.90 Å². The predicted octanol–water partition coefficient (Wildman–Crippen LogP) is 2.38. The summed E-state index contributed by atoms with van der Waals surface area (Å²) in [5.41, 5.74) is 2.40. The highest BCUT2D eigenvalue weighted by Gasteiger charge is 2.34. The van der Waals surface area contributed by atoms with Crippen LogP contribution in [-0.2, 0) is 4.79 Å². The first-order valence-corrected chi connectivity index (χ1v) is 10.8. The van der Waals surface area contributed by atoms with Gasteiger partial charge in [0, 0.05) is 63.9 Å². The molecule has 0 radical (unpaired) electrons. The van der Waals surface area contributed by atoms with Gasteiger partial charge in [-0.05, 0) is 37.1 Å². The van der Waals surface area contributed by atoms with E-state index in [1.165, 1.54) is 0 Å². The first kappa shape index (κ1) is 19.5. The van der Waals surface area contributed by atoms with Gasteiger partial charge in [-0.15, -0.1) is 0 Å². The molecule has 0 N–H and O–H groups in total. The SMILES string of the molecule is CC(=O)N1CCC[C@@H]1c1nc(C(=O)N2CCN(c3ccncc3)CC2)c2ccccn12. The number of fused-ring (bicyclic) bond motifs is 1.